The Balaban J connectivity index is 1.43. The first-order valence-electron chi connectivity index (χ1n) is 10.3. The normalized spacial score (nSPS) is 16.3. The summed E-state index contributed by atoms with van der Waals surface area (Å²) in [5.41, 5.74) is 1.67. The van der Waals surface area contributed by atoms with E-state index in [1.165, 1.54) is 12.2 Å². The third-order valence-electron chi connectivity index (χ3n) is 5.46. The number of thioether (sulfide) groups is 1. The number of nitrogens with one attached hydrogen (secondary N) is 1. The van der Waals surface area contributed by atoms with E-state index in [1.807, 2.05) is 48.2 Å². The zero-order chi connectivity index (χ0) is 20.5. The fraction of sp³-hybridized carbons (Fsp3) is 0.478. The zero-order valence-corrected chi connectivity index (χ0v) is 18.2. The minimum absolute atomic E-state index is 0.0825. The lowest BCUT2D eigenvalue weighted by molar-refractivity contribution is 0.0791. The van der Waals surface area contributed by atoms with Crippen LogP contribution in [0.15, 0.2) is 48.8 Å². The Bertz CT molecular complexity index is 746. The van der Waals surface area contributed by atoms with Gasteiger partial charge in [-0.05, 0) is 80.2 Å². The molecule has 1 saturated heterocycles. The number of piperidine rings is 1. The van der Waals surface area contributed by atoms with Crippen LogP contribution in [-0.2, 0) is 6.54 Å². The van der Waals surface area contributed by atoms with Gasteiger partial charge in [-0.15, -0.1) is 0 Å². The molecule has 1 aromatic heterocycles. The van der Waals surface area contributed by atoms with E-state index < -0.39 is 0 Å². The van der Waals surface area contributed by atoms with E-state index >= 15 is 0 Å². The predicted molar refractivity (Wildman–Crippen MR) is 120 cm³/mol. The number of likely N-dealkylation sites (tertiary alicyclic amines) is 1. The number of amides is 1. The van der Waals surface area contributed by atoms with Crippen molar-refractivity contribution in [1.82, 2.24) is 15.2 Å². The molecule has 0 bridgehead atoms. The van der Waals surface area contributed by atoms with E-state index in [1.54, 1.807) is 12.4 Å². The number of ether oxygens (including phenoxy) is 1. The first-order valence-corrected chi connectivity index (χ1v) is 11.7. The fourth-order valence-electron chi connectivity index (χ4n) is 3.57. The summed E-state index contributed by atoms with van der Waals surface area (Å²) in [4.78, 5) is 18.9. The Morgan fingerprint density at radius 3 is 2.55 bits per heavy atom. The lowest BCUT2D eigenvalue weighted by atomic mass is 10.0. The molecule has 0 spiro atoms. The van der Waals surface area contributed by atoms with Gasteiger partial charge in [-0.25, -0.2) is 0 Å². The van der Waals surface area contributed by atoms with Crippen molar-refractivity contribution >= 4 is 17.7 Å². The monoisotopic (exact) mass is 413 g/mol. The molecule has 0 unspecified atom stereocenters. The van der Waals surface area contributed by atoms with Crippen LogP contribution in [0, 0.1) is 0 Å². The van der Waals surface area contributed by atoms with E-state index in [-0.39, 0.29) is 12.0 Å². The third kappa shape index (κ3) is 6.75. The molecule has 1 amide bonds. The minimum atomic E-state index is -0.0825. The highest BCUT2D eigenvalue weighted by atomic mass is 32.2. The van der Waals surface area contributed by atoms with Crippen molar-refractivity contribution in [2.45, 2.75) is 44.9 Å². The second-order valence-electron chi connectivity index (χ2n) is 7.55. The Hall–Kier alpha value is -2.05. The van der Waals surface area contributed by atoms with Gasteiger partial charge in [-0.1, -0.05) is 0 Å². The number of carbonyl (C=O) groups is 1. The summed E-state index contributed by atoms with van der Waals surface area (Å²) in [5, 5.41) is 2.93. The van der Waals surface area contributed by atoms with E-state index in [9.17, 15) is 4.79 Å². The van der Waals surface area contributed by atoms with Crippen LogP contribution in [0.1, 0.15) is 42.1 Å². The van der Waals surface area contributed by atoms with Crippen molar-refractivity contribution in [1.29, 1.82) is 0 Å². The first kappa shape index (κ1) is 21.7. The maximum absolute atomic E-state index is 12.3. The molecule has 1 aliphatic heterocycles. The van der Waals surface area contributed by atoms with Crippen LogP contribution in [0.3, 0.4) is 0 Å². The first-order chi connectivity index (χ1) is 14.2. The molecule has 29 heavy (non-hydrogen) atoms. The van der Waals surface area contributed by atoms with Gasteiger partial charge in [0.25, 0.3) is 5.91 Å². The largest absolute Gasteiger partial charge is 0.490 e. The molecule has 2 heterocycles. The minimum Gasteiger partial charge on any atom is -0.490 e. The highest BCUT2D eigenvalue weighted by Gasteiger charge is 2.23. The number of carbonyl (C=O) groups excluding carboxylic acids is 1. The van der Waals surface area contributed by atoms with Gasteiger partial charge in [0.2, 0.25) is 0 Å². The van der Waals surface area contributed by atoms with Crippen LogP contribution in [0.2, 0.25) is 0 Å². The second kappa shape index (κ2) is 11.2. The molecular weight excluding hydrogens is 382 g/mol. The summed E-state index contributed by atoms with van der Waals surface area (Å²) in [6, 6.07) is 11.9. The molecule has 1 aromatic carbocycles. The molecule has 1 atom stereocenters. The molecular formula is C23H31N3O2S. The number of nitrogens with zero attached hydrogens (tertiary/aromatic N) is 2. The molecule has 5 nitrogen and oxygen atoms in total. The van der Waals surface area contributed by atoms with Crippen molar-refractivity contribution in [2.24, 2.45) is 0 Å². The summed E-state index contributed by atoms with van der Waals surface area (Å²) in [5.74, 6) is 1.98. The Morgan fingerprint density at radius 2 is 1.90 bits per heavy atom. The van der Waals surface area contributed by atoms with E-state index in [0.717, 1.165) is 37.2 Å². The fourth-order valence-corrected chi connectivity index (χ4v) is 4.14. The van der Waals surface area contributed by atoms with Crippen molar-refractivity contribution in [3.8, 4) is 5.75 Å². The van der Waals surface area contributed by atoms with Gasteiger partial charge < -0.3 is 15.0 Å². The highest BCUT2D eigenvalue weighted by Crippen LogP contribution is 2.21. The van der Waals surface area contributed by atoms with E-state index in [0.29, 0.717) is 18.2 Å². The van der Waals surface area contributed by atoms with Gasteiger partial charge >= 0.3 is 0 Å². The van der Waals surface area contributed by atoms with E-state index in [2.05, 4.69) is 28.4 Å². The van der Waals surface area contributed by atoms with Crippen LogP contribution >= 0.6 is 11.8 Å². The lowest BCUT2D eigenvalue weighted by Gasteiger charge is -2.36. The Kier molecular flexibility index (Phi) is 8.38. The molecule has 1 aliphatic rings. The molecule has 3 rings (SSSR count). The van der Waals surface area contributed by atoms with Gasteiger partial charge in [0.05, 0.1) is 0 Å². The number of aromatic nitrogens is 1. The topological polar surface area (TPSA) is 54.5 Å². The summed E-state index contributed by atoms with van der Waals surface area (Å²) >= 11 is 1.92. The molecule has 1 N–H and O–H groups in total. The summed E-state index contributed by atoms with van der Waals surface area (Å²) in [6.07, 6.45) is 9.23. The van der Waals surface area contributed by atoms with Gasteiger partial charge in [-0.2, -0.15) is 11.8 Å². The third-order valence-corrected chi connectivity index (χ3v) is 6.11. The van der Waals surface area contributed by atoms with Crippen molar-refractivity contribution < 1.29 is 9.53 Å². The van der Waals surface area contributed by atoms with Crippen LogP contribution in [0.5, 0.6) is 5.75 Å². The number of pyridine rings is 1. The van der Waals surface area contributed by atoms with Crippen molar-refractivity contribution in [3.63, 3.8) is 0 Å². The predicted octanol–water partition coefficient (Wildman–Crippen LogP) is 4.00. The molecule has 156 valence electrons. The summed E-state index contributed by atoms with van der Waals surface area (Å²) in [6.45, 7) is 5.01. The number of benzene rings is 1. The zero-order valence-electron chi connectivity index (χ0n) is 17.3. The second-order valence-corrected chi connectivity index (χ2v) is 8.53. The Morgan fingerprint density at radius 1 is 1.21 bits per heavy atom. The lowest BCUT2D eigenvalue weighted by Crippen LogP contribution is -2.43. The van der Waals surface area contributed by atoms with Crippen LogP contribution in [0.25, 0.3) is 0 Å². The van der Waals surface area contributed by atoms with Crippen LogP contribution in [0.4, 0.5) is 0 Å². The maximum atomic E-state index is 12.3. The quantitative estimate of drug-likeness (QED) is 0.673. The van der Waals surface area contributed by atoms with Gasteiger partial charge in [0.15, 0.2) is 0 Å². The van der Waals surface area contributed by atoms with Gasteiger partial charge in [-0.3, -0.25) is 9.78 Å². The average molecular weight is 414 g/mol. The maximum Gasteiger partial charge on any atom is 0.251 e. The standard InChI is InChI=1S/C23H31N3O2S/c1-18(11-16-29-2)26-14-9-22(10-15-26)28-21-5-3-20(4-6-21)23(27)25-17-19-7-12-24-13-8-19/h3-8,12-13,18,22H,9-11,14-17H2,1-2H3,(H,25,27)/t18-/m1/s1. The molecule has 0 radical (unpaired) electrons. The molecule has 0 aliphatic carbocycles. The summed E-state index contributed by atoms with van der Waals surface area (Å²) in [7, 11) is 0. The molecule has 1 fully saturated rings. The molecule has 0 saturated carbocycles. The molecule has 6 heteroatoms. The average Bonchev–Trinajstić information content (AvgIpc) is 2.77. The molecule has 2 aromatic rings. The SMILES string of the molecule is CSCC[C@@H](C)N1CCC(Oc2ccc(C(=O)NCc3ccncc3)cc2)CC1. The Labute approximate surface area is 178 Å². The van der Waals surface area contributed by atoms with Crippen molar-refractivity contribution in [3.05, 3.63) is 59.9 Å². The highest BCUT2D eigenvalue weighted by molar-refractivity contribution is 7.98. The summed E-state index contributed by atoms with van der Waals surface area (Å²) < 4.78 is 6.16. The van der Waals surface area contributed by atoms with Crippen molar-refractivity contribution in [2.75, 3.05) is 25.1 Å². The van der Waals surface area contributed by atoms with E-state index in [4.69, 9.17) is 4.74 Å². The number of rotatable bonds is 9. The van der Waals surface area contributed by atoms with Crippen LogP contribution in [-0.4, -0.2) is 53.0 Å². The van der Waals surface area contributed by atoms with Crippen LogP contribution < -0.4 is 10.1 Å². The van der Waals surface area contributed by atoms with Gasteiger partial charge in [0, 0.05) is 43.6 Å². The number of hydrogen-bond donors (Lipinski definition) is 1. The van der Waals surface area contributed by atoms with Gasteiger partial charge in [0.1, 0.15) is 11.9 Å². The smallest absolute Gasteiger partial charge is 0.251 e. The number of hydrogen-bond acceptors (Lipinski definition) is 5.